The number of amides is 2. The fraction of sp³-hybridized carbons (Fsp3) is 0.385. The normalized spacial score (nSPS) is 18.5. The molecule has 1 saturated heterocycles. The molecule has 1 heterocycles. The van der Waals surface area contributed by atoms with Crippen LogP contribution in [0.3, 0.4) is 0 Å². The maximum Gasteiger partial charge on any atom is 0.424 e. The predicted octanol–water partition coefficient (Wildman–Crippen LogP) is 0.641. The van der Waals surface area contributed by atoms with Crippen LogP contribution in [0, 0.1) is 6.92 Å². The van der Waals surface area contributed by atoms with Gasteiger partial charge in [0.15, 0.2) is 0 Å². The quantitative estimate of drug-likeness (QED) is 0.880. The van der Waals surface area contributed by atoms with Gasteiger partial charge in [-0.15, -0.1) is 0 Å². The molecule has 1 aromatic carbocycles. The molecule has 2 rings (SSSR count). The Labute approximate surface area is 122 Å². The zero-order valence-electron chi connectivity index (χ0n) is 11.7. The minimum atomic E-state index is -3.93. The number of benzene rings is 1. The number of nitrogens with one attached hydrogen (secondary N) is 1. The highest BCUT2D eigenvalue weighted by molar-refractivity contribution is 7.89. The van der Waals surface area contributed by atoms with E-state index in [0.717, 1.165) is 5.56 Å². The Morgan fingerprint density at radius 2 is 2.00 bits per heavy atom. The average Bonchev–Trinajstić information content (AvgIpc) is 2.79. The van der Waals surface area contributed by atoms with Gasteiger partial charge >= 0.3 is 6.09 Å². The van der Waals surface area contributed by atoms with Crippen LogP contribution in [0.15, 0.2) is 29.2 Å². The molecule has 1 fully saturated rings. The first-order valence-electron chi connectivity index (χ1n) is 6.35. The highest BCUT2D eigenvalue weighted by Crippen LogP contribution is 2.22. The van der Waals surface area contributed by atoms with Crippen molar-refractivity contribution < 1.29 is 22.7 Å². The van der Waals surface area contributed by atoms with E-state index in [2.05, 4.69) is 5.32 Å². The summed E-state index contributed by atoms with van der Waals surface area (Å²) < 4.78 is 30.4. The predicted molar refractivity (Wildman–Crippen MR) is 74.0 cm³/mol. The van der Waals surface area contributed by atoms with Crippen molar-refractivity contribution in [1.29, 1.82) is 0 Å². The number of aryl methyl sites for hydroxylation is 1. The number of cyclic esters (lactones) is 1. The van der Waals surface area contributed by atoms with Gasteiger partial charge in [0.05, 0.1) is 18.0 Å². The third-order valence-corrected chi connectivity index (χ3v) is 4.77. The molecule has 1 unspecified atom stereocenters. The molecule has 0 bridgehead atoms. The van der Waals surface area contributed by atoms with Gasteiger partial charge in [0.2, 0.25) is 5.91 Å². The second-order valence-corrected chi connectivity index (χ2v) is 6.65. The summed E-state index contributed by atoms with van der Waals surface area (Å²) in [7, 11) is -3.93. The van der Waals surface area contributed by atoms with Crippen molar-refractivity contribution in [3.8, 4) is 0 Å². The molecule has 0 aliphatic carbocycles. The number of hydrogen-bond donors (Lipinski definition) is 1. The lowest BCUT2D eigenvalue weighted by Crippen LogP contribution is -2.35. The zero-order chi connectivity index (χ0) is 15.6. The SMILES string of the molecule is CC(=O)NCC1CN(S(=O)(=O)c2ccc(C)cc2)C(=O)O1. The third-order valence-electron chi connectivity index (χ3n) is 3.03. The Morgan fingerprint density at radius 1 is 1.38 bits per heavy atom. The molecule has 1 aliphatic heterocycles. The summed E-state index contributed by atoms with van der Waals surface area (Å²) in [5.41, 5.74) is 0.918. The highest BCUT2D eigenvalue weighted by Gasteiger charge is 2.40. The van der Waals surface area contributed by atoms with Gasteiger partial charge in [-0.3, -0.25) is 4.79 Å². The first-order chi connectivity index (χ1) is 9.80. The Kier molecular flexibility index (Phi) is 4.17. The standard InChI is InChI=1S/C13H16N2O5S/c1-9-3-5-12(6-4-9)21(18,19)15-8-11(20-13(15)17)7-14-10(2)16/h3-6,11H,7-8H2,1-2H3,(H,14,16). The van der Waals surface area contributed by atoms with E-state index in [1.54, 1.807) is 12.1 Å². The lowest BCUT2D eigenvalue weighted by Gasteiger charge is -2.13. The molecule has 0 radical (unpaired) electrons. The molecule has 1 N–H and O–H groups in total. The van der Waals surface area contributed by atoms with Crippen molar-refractivity contribution in [3.63, 3.8) is 0 Å². The third kappa shape index (κ3) is 3.33. The molecule has 0 spiro atoms. The molecule has 8 heteroatoms. The number of hydrogen-bond acceptors (Lipinski definition) is 5. The molecule has 1 atom stereocenters. The lowest BCUT2D eigenvalue weighted by atomic mass is 10.2. The van der Waals surface area contributed by atoms with Crippen molar-refractivity contribution in [2.24, 2.45) is 0 Å². The maximum atomic E-state index is 12.4. The number of sulfonamides is 1. The first kappa shape index (κ1) is 15.3. The van der Waals surface area contributed by atoms with Gasteiger partial charge in [0, 0.05) is 6.92 Å². The van der Waals surface area contributed by atoms with Gasteiger partial charge in [-0.25, -0.2) is 13.2 Å². The van der Waals surface area contributed by atoms with E-state index >= 15 is 0 Å². The monoisotopic (exact) mass is 312 g/mol. The minimum absolute atomic E-state index is 0.0326. The molecule has 21 heavy (non-hydrogen) atoms. The second-order valence-electron chi connectivity index (χ2n) is 4.79. The molecule has 114 valence electrons. The topological polar surface area (TPSA) is 92.8 Å². The summed E-state index contributed by atoms with van der Waals surface area (Å²) in [6.07, 6.45) is -1.60. The van der Waals surface area contributed by atoms with Crippen molar-refractivity contribution in [2.45, 2.75) is 24.8 Å². The van der Waals surface area contributed by atoms with Crippen molar-refractivity contribution >= 4 is 22.0 Å². The van der Waals surface area contributed by atoms with Gasteiger partial charge in [-0.1, -0.05) is 17.7 Å². The smallest absolute Gasteiger partial charge is 0.424 e. The van der Waals surface area contributed by atoms with Crippen LogP contribution in [0.1, 0.15) is 12.5 Å². The van der Waals surface area contributed by atoms with Gasteiger partial charge in [-0.05, 0) is 19.1 Å². The van der Waals surface area contributed by atoms with Crippen molar-refractivity contribution in [1.82, 2.24) is 9.62 Å². The summed E-state index contributed by atoms with van der Waals surface area (Å²) >= 11 is 0. The van der Waals surface area contributed by atoms with E-state index in [4.69, 9.17) is 4.74 Å². The maximum absolute atomic E-state index is 12.4. The molecular weight excluding hydrogens is 296 g/mol. The van der Waals surface area contributed by atoms with Gasteiger partial charge in [-0.2, -0.15) is 4.31 Å². The number of carbonyl (C=O) groups is 2. The summed E-state index contributed by atoms with van der Waals surface area (Å²) in [6, 6.07) is 6.20. The van der Waals surface area contributed by atoms with Crippen LogP contribution < -0.4 is 5.32 Å². The Balaban J connectivity index is 2.15. The molecule has 2 amide bonds. The summed E-state index contributed by atoms with van der Waals surface area (Å²) in [6.45, 7) is 3.14. The van der Waals surface area contributed by atoms with Crippen LogP contribution in [0.5, 0.6) is 0 Å². The van der Waals surface area contributed by atoms with E-state index in [0.29, 0.717) is 4.31 Å². The minimum Gasteiger partial charge on any atom is -0.442 e. The summed E-state index contributed by atoms with van der Waals surface area (Å²) in [5.74, 6) is -0.272. The Morgan fingerprint density at radius 3 is 2.57 bits per heavy atom. The molecule has 1 aliphatic rings. The number of carbonyl (C=O) groups excluding carboxylic acids is 2. The molecule has 1 aromatic rings. The molecule has 0 aromatic heterocycles. The van der Waals surface area contributed by atoms with E-state index in [-0.39, 0.29) is 23.9 Å². The Bertz CT molecular complexity index is 654. The number of rotatable bonds is 4. The van der Waals surface area contributed by atoms with E-state index in [1.165, 1.54) is 19.1 Å². The lowest BCUT2D eigenvalue weighted by molar-refractivity contribution is -0.119. The van der Waals surface area contributed by atoms with Gasteiger partial charge in [0.25, 0.3) is 10.0 Å². The van der Waals surface area contributed by atoms with Crippen molar-refractivity contribution in [2.75, 3.05) is 13.1 Å². The average molecular weight is 312 g/mol. The highest BCUT2D eigenvalue weighted by atomic mass is 32.2. The number of nitrogens with zero attached hydrogens (tertiary/aromatic N) is 1. The van der Waals surface area contributed by atoms with Crippen LogP contribution in [0.4, 0.5) is 4.79 Å². The van der Waals surface area contributed by atoms with Crippen LogP contribution in [0.25, 0.3) is 0 Å². The molecule has 7 nitrogen and oxygen atoms in total. The van der Waals surface area contributed by atoms with Crippen LogP contribution in [-0.2, 0) is 19.6 Å². The van der Waals surface area contributed by atoms with Crippen LogP contribution in [-0.4, -0.2) is 43.9 Å². The second kappa shape index (κ2) is 5.72. The number of ether oxygens (including phenoxy) is 1. The largest absolute Gasteiger partial charge is 0.442 e. The van der Waals surface area contributed by atoms with Gasteiger partial charge < -0.3 is 10.1 Å². The fourth-order valence-corrected chi connectivity index (χ4v) is 3.23. The summed E-state index contributed by atoms with van der Waals surface area (Å²) in [4.78, 5) is 22.6. The fourth-order valence-electron chi connectivity index (χ4n) is 1.90. The van der Waals surface area contributed by atoms with E-state index < -0.39 is 22.2 Å². The molecular formula is C13H16N2O5S. The van der Waals surface area contributed by atoms with Crippen LogP contribution in [0.2, 0.25) is 0 Å². The Hall–Kier alpha value is -2.09. The van der Waals surface area contributed by atoms with Crippen LogP contribution >= 0.6 is 0 Å². The zero-order valence-corrected chi connectivity index (χ0v) is 12.5. The van der Waals surface area contributed by atoms with E-state index in [9.17, 15) is 18.0 Å². The summed E-state index contributed by atoms with van der Waals surface area (Å²) in [5, 5.41) is 2.49. The molecule has 0 saturated carbocycles. The van der Waals surface area contributed by atoms with E-state index in [1.807, 2.05) is 6.92 Å². The van der Waals surface area contributed by atoms with Gasteiger partial charge in [0.1, 0.15) is 6.10 Å². The first-order valence-corrected chi connectivity index (χ1v) is 7.79. The van der Waals surface area contributed by atoms with Crippen molar-refractivity contribution in [3.05, 3.63) is 29.8 Å².